The molecule has 0 radical (unpaired) electrons. The van der Waals surface area contributed by atoms with Gasteiger partial charge in [0.15, 0.2) is 0 Å². The molecule has 7 nitrogen and oxygen atoms in total. The van der Waals surface area contributed by atoms with Crippen molar-refractivity contribution < 1.29 is 29.3 Å². The average molecular weight is 317 g/mol. The summed E-state index contributed by atoms with van der Waals surface area (Å²) >= 11 is 0. The van der Waals surface area contributed by atoms with Gasteiger partial charge in [0.2, 0.25) is 0 Å². The maximum Gasteiger partial charge on any atom is 0.377 e. The topological polar surface area (TPSA) is 96.3 Å². The predicted molar refractivity (Wildman–Crippen MR) is 81.5 cm³/mol. The summed E-state index contributed by atoms with van der Waals surface area (Å²) in [6.07, 6.45) is 3.70. The number of aliphatic hydroxyl groups is 2. The molecule has 0 amide bonds. The Balaban J connectivity index is 4.05. The summed E-state index contributed by atoms with van der Waals surface area (Å²) < 4.78 is 8.97. The Morgan fingerprint density at radius 2 is 1.45 bits per heavy atom. The number of methoxy groups -OCH3 is 1. The monoisotopic (exact) mass is 317 g/mol. The molecule has 0 aliphatic rings. The van der Waals surface area contributed by atoms with E-state index in [1.807, 2.05) is 0 Å². The minimum atomic E-state index is -1.19. The van der Waals surface area contributed by atoms with Crippen molar-refractivity contribution in [3.8, 4) is 0 Å². The zero-order valence-electron chi connectivity index (χ0n) is 13.6. The largest absolute Gasteiger partial charge is 0.499 e. The number of rotatable bonds is 11. The van der Waals surface area contributed by atoms with E-state index in [0.29, 0.717) is 6.42 Å². The van der Waals surface area contributed by atoms with E-state index in [4.69, 9.17) is 4.74 Å². The molecule has 0 aromatic heterocycles. The van der Waals surface area contributed by atoms with Gasteiger partial charge in [0.1, 0.15) is 0 Å². The Morgan fingerprint density at radius 1 is 0.909 bits per heavy atom. The first kappa shape index (κ1) is 20.2. The number of unbranched alkanes of at least 4 members (excludes halogenated alkanes) is 1. The van der Waals surface area contributed by atoms with E-state index in [-0.39, 0.29) is 6.61 Å². The average Bonchev–Trinajstić information content (AvgIpc) is 2.52. The lowest BCUT2D eigenvalue weighted by molar-refractivity contribution is -0.145. The van der Waals surface area contributed by atoms with Crippen molar-refractivity contribution in [2.24, 2.45) is 0 Å². The summed E-state index contributed by atoms with van der Waals surface area (Å²) in [6.45, 7) is 7.40. The van der Waals surface area contributed by atoms with Gasteiger partial charge in [-0.15, -0.1) is 0 Å². The van der Waals surface area contributed by atoms with Crippen LogP contribution in [0.5, 0.6) is 0 Å². The highest BCUT2D eigenvalue weighted by Gasteiger charge is 2.21. The Labute approximate surface area is 131 Å². The molecule has 0 atom stereocenters. The number of ether oxygens (including phenoxy) is 2. The highest BCUT2D eigenvalue weighted by molar-refractivity contribution is 5.96. The molecular formula is C15H27NO6. The summed E-state index contributed by atoms with van der Waals surface area (Å²) in [6, 6.07) is 0. The van der Waals surface area contributed by atoms with Crippen LogP contribution in [0.3, 0.4) is 0 Å². The predicted octanol–water partition coefficient (Wildman–Crippen LogP) is 1.93. The molecule has 0 aromatic rings. The number of hydrogen-bond donors (Lipinski definition) is 2. The van der Waals surface area contributed by atoms with Crippen LogP contribution in [0.25, 0.3) is 0 Å². The zero-order chi connectivity index (χ0) is 17.0. The maximum absolute atomic E-state index is 11.4. The lowest BCUT2D eigenvalue weighted by Gasteiger charge is -2.20. The molecule has 0 spiro atoms. The van der Waals surface area contributed by atoms with Gasteiger partial charge in [-0.1, -0.05) is 13.8 Å². The smallest absolute Gasteiger partial charge is 0.377 e. The van der Waals surface area contributed by atoms with Crippen LogP contribution in [0.1, 0.15) is 39.5 Å². The van der Waals surface area contributed by atoms with Gasteiger partial charge < -0.3 is 24.6 Å². The van der Waals surface area contributed by atoms with E-state index in [1.165, 1.54) is 0 Å². The lowest BCUT2D eigenvalue weighted by Crippen LogP contribution is -2.26. The fourth-order valence-corrected chi connectivity index (χ4v) is 1.93. The van der Waals surface area contributed by atoms with Gasteiger partial charge in [-0.3, -0.25) is 0 Å². The van der Waals surface area contributed by atoms with Crippen molar-refractivity contribution in [1.29, 1.82) is 0 Å². The third-order valence-electron chi connectivity index (χ3n) is 2.98. The van der Waals surface area contributed by atoms with Crippen LogP contribution in [-0.4, -0.2) is 60.4 Å². The summed E-state index contributed by atoms with van der Waals surface area (Å²) in [5.41, 5.74) is 0. The first-order valence-electron chi connectivity index (χ1n) is 7.57. The Kier molecular flexibility index (Phi) is 10.9. The summed E-state index contributed by atoms with van der Waals surface area (Å²) in [5.74, 6) is -4.61. The van der Waals surface area contributed by atoms with Gasteiger partial charge in [0.25, 0.3) is 11.5 Å². The third-order valence-corrected chi connectivity index (χ3v) is 2.98. The molecule has 0 fully saturated rings. The number of hydrogen-bond acceptors (Lipinski definition) is 7. The zero-order valence-corrected chi connectivity index (χ0v) is 13.6. The van der Waals surface area contributed by atoms with E-state index >= 15 is 0 Å². The van der Waals surface area contributed by atoms with Crippen LogP contribution >= 0.6 is 0 Å². The van der Waals surface area contributed by atoms with Gasteiger partial charge in [-0.05, 0) is 45.3 Å². The van der Waals surface area contributed by atoms with Crippen LogP contribution < -0.4 is 0 Å². The fourth-order valence-electron chi connectivity index (χ4n) is 1.93. The van der Waals surface area contributed by atoms with E-state index in [1.54, 1.807) is 0 Å². The molecule has 0 unspecified atom stereocenters. The highest BCUT2D eigenvalue weighted by atomic mass is 16.6. The standard InChI is InChI=1S/C15H27NO6/c1-4-8-16(9-5-2)10-6-7-11-22-15(20)13(18)12(17)14(19)21-3/h17-18H,4-11H2,1-3H3/b13-12+. The van der Waals surface area contributed by atoms with Gasteiger partial charge >= 0.3 is 11.9 Å². The molecular weight excluding hydrogens is 290 g/mol. The molecule has 0 aliphatic heterocycles. The minimum Gasteiger partial charge on any atom is -0.499 e. The molecule has 0 saturated heterocycles. The highest BCUT2D eigenvalue weighted by Crippen LogP contribution is 2.04. The van der Waals surface area contributed by atoms with E-state index < -0.39 is 23.5 Å². The molecule has 2 N–H and O–H groups in total. The SMILES string of the molecule is CCCN(CCC)CCCCOC(=O)/C(O)=C(\O)C(=O)OC. The molecule has 128 valence electrons. The maximum atomic E-state index is 11.4. The van der Waals surface area contributed by atoms with Crippen molar-refractivity contribution in [3.63, 3.8) is 0 Å². The first-order chi connectivity index (χ1) is 10.5. The molecule has 0 bridgehead atoms. The molecule has 22 heavy (non-hydrogen) atoms. The lowest BCUT2D eigenvalue weighted by atomic mass is 10.2. The van der Waals surface area contributed by atoms with Crippen molar-refractivity contribution >= 4 is 11.9 Å². The fraction of sp³-hybridized carbons (Fsp3) is 0.733. The number of nitrogens with zero attached hydrogens (tertiary/aromatic N) is 1. The second-order valence-electron chi connectivity index (χ2n) is 4.87. The quantitative estimate of drug-likeness (QED) is 0.260. The Hall–Kier alpha value is -1.76. The van der Waals surface area contributed by atoms with Crippen LogP contribution in [0.2, 0.25) is 0 Å². The number of carbonyl (C=O) groups is 2. The molecule has 0 aromatic carbocycles. The van der Waals surface area contributed by atoms with E-state index in [2.05, 4.69) is 23.5 Å². The van der Waals surface area contributed by atoms with Gasteiger partial charge in [0.05, 0.1) is 13.7 Å². The first-order valence-corrected chi connectivity index (χ1v) is 7.57. The molecule has 0 aliphatic carbocycles. The molecule has 7 heteroatoms. The van der Waals surface area contributed by atoms with Crippen molar-refractivity contribution in [2.45, 2.75) is 39.5 Å². The van der Waals surface area contributed by atoms with E-state index in [0.717, 1.165) is 46.0 Å². The van der Waals surface area contributed by atoms with Crippen LogP contribution in [0.4, 0.5) is 0 Å². The van der Waals surface area contributed by atoms with Crippen LogP contribution in [0, 0.1) is 0 Å². The van der Waals surface area contributed by atoms with Crippen molar-refractivity contribution in [1.82, 2.24) is 4.90 Å². The van der Waals surface area contributed by atoms with Crippen LogP contribution in [0.15, 0.2) is 11.5 Å². The molecule has 0 rings (SSSR count). The van der Waals surface area contributed by atoms with Crippen molar-refractivity contribution in [3.05, 3.63) is 11.5 Å². The third kappa shape index (κ3) is 7.87. The Morgan fingerprint density at radius 3 is 1.95 bits per heavy atom. The Bertz CT molecular complexity index is 374. The molecule has 0 saturated carbocycles. The van der Waals surface area contributed by atoms with Gasteiger partial charge in [0, 0.05) is 0 Å². The summed E-state index contributed by atoms with van der Waals surface area (Å²) in [4.78, 5) is 24.7. The number of carbonyl (C=O) groups excluding carboxylic acids is 2. The number of aliphatic hydroxyl groups excluding tert-OH is 2. The van der Waals surface area contributed by atoms with E-state index in [9.17, 15) is 19.8 Å². The van der Waals surface area contributed by atoms with Gasteiger partial charge in [-0.25, -0.2) is 9.59 Å². The second-order valence-corrected chi connectivity index (χ2v) is 4.87. The van der Waals surface area contributed by atoms with Gasteiger partial charge in [-0.2, -0.15) is 0 Å². The minimum absolute atomic E-state index is 0.115. The van der Waals surface area contributed by atoms with Crippen molar-refractivity contribution in [2.75, 3.05) is 33.4 Å². The number of esters is 2. The van der Waals surface area contributed by atoms with Crippen LogP contribution in [-0.2, 0) is 19.1 Å². The summed E-state index contributed by atoms with van der Waals surface area (Å²) in [5, 5.41) is 18.5. The summed E-state index contributed by atoms with van der Waals surface area (Å²) in [7, 11) is 1.02. The molecule has 0 heterocycles. The second kappa shape index (κ2) is 11.9. The normalized spacial score (nSPS) is 12.0.